The summed E-state index contributed by atoms with van der Waals surface area (Å²) in [5.74, 6) is 1.40. The van der Waals surface area contributed by atoms with E-state index in [2.05, 4.69) is 0 Å². The molecule has 1 fully saturated rings. The lowest BCUT2D eigenvalue weighted by Crippen LogP contribution is -2.54. The monoisotopic (exact) mass is 352 g/mol. The molecule has 24 heavy (non-hydrogen) atoms. The molecular weight excluding hydrogens is 332 g/mol. The molecule has 0 aliphatic carbocycles. The fourth-order valence-corrected chi connectivity index (χ4v) is 3.34. The van der Waals surface area contributed by atoms with Gasteiger partial charge < -0.3 is 29.5 Å². The predicted octanol–water partition coefficient (Wildman–Crippen LogP) is 1.17. The Morgan fingerprint density at radius 3 is 2.58 bits per heavy atom. The van der Waals surface area contributed by atoms with E-state index >= 15 is 0 Å². The van der Waals surface area contributed by atoms with E-state index in [-0.39, 0.29) is 6.61 Å². The third-order valence-electron chi connectivity index (χ3n) is 3.93. The standard InChI is InChI=1S/C17H20O6S/c1-21-11-4-2-10(3-5-11)8-14-13(6-7-24-14)23-17-16(20)15(19)12(18)9-22-17/h2-7,12,15-20H,8-9H2,1H3. The van der Waals surface area contributed by atoms with Crippen LogP contribution in [0.25, 0.3) is 0 Å². The molecule has 1 aliphatic rings. The van der Waals surface area contributed by atoms with Crippen molar-refractivity contribution >= 4 is 11.3 Å². The topological polar surface area (TPSA) is 88.4 Å². The van der Waals surface area contributed by atoms with Gasteiger partial charge in [-0.15, -0.1) is 11.3 Å². The summed E-state index contributed by atoms with van der Waals surface area (Å²) < 4.78 is 16.2. The number of thiophene rings is 1. The van der Waals surface area contributed by atoms with Crippen LogP contribution in [0.1, 0.15) is 10.4 Å². The molecule has 2 aromatic rings. The number of methoxy groups -OCH3 is 1. The maximum absolute atomic E-state index is 9.97. The molecular formula is C17H20O6S. The van der Waals surface area contributed by atoms with E-state index in [1.165, 1.54) is 0 Å². The molecule has 1 saturated heterocycles. The second kappa shape index (κ2) is 7.50. The first-order chi connectivity index (χ1) is 11.6. The molecule has 4 atom stereocenters. The van der Waals surface area contributed by atoms with Crippen molar-refractivity contribution in [3.63, 3.8) is 0 Å². The number of hydrogen-bond donors (Lipinski definition) is 3. The van der Waals surface area contributed by atoms with Crippen LogP contribution in [0.2, 0.25) is 0 Å². The molecule has 6 nitrogen and oxygen atoms in total. The first kappa shape index (κ1) is 17.2. The second-order valence-electron chi connectivity index (χ2n) is 5.60. The van der Waals surface area contributed by atoms with Crippen LogP contribution in [0.15, 0.2) is 35.7 Å². The number of rotatable bonds is 5. The third kappa shape index (κ3) is 3.71. The first-order valence-corrected chi connectivity index (χ1v) is 8.48. The van der Waals surface area contributed by atoms with E-state index in [1.807, 2.05) is 29.6 Å². The van der Waals surface area contributed by atoms with Gasteiger partial charge in [-0.2, -0.15) is 0 Å². The molecule has 1 aromatic carbocycles. The van der Waals surface area contributed by atoms with Crippen LogP contribution in [0, 0.1) is 0 Å². The Morgan fingerprint density at radius 2 is 1.88 bits per heavy atom. The molecule has 1 aromatic heterocycles. The average Bonchev–Trinajstić information content (AvgIpc) is 3.03. The maximum Gasteiger partial charge on any atom is 0.228 e. The molecule has 0 saturated carbocycles. The van der Waals surface area contributed by atoms with E-state index in [0.29, 0.717) is 12.2 Å². The van der Waals surface area contributed by atoms with Crippen molar-refractivity contribution in [3.8, 4) is 11.5 Å². The summed E-state index contributed by atoms with van der Waals surface area (Å²) in [5, 5.41) is 31.1. The van der Waals surface area contributed by atoms with Gasteiger partial charge in [-0.3, -0.25) is 0 Å². The number of aliphatic hydroxyl groups excluding tert-OH is 3. The fourth-order valence-electron chi connectivity index (χ4n) is 2.50. The molecule has 7 heteroatoms. The van der Waals surface area contributed by atoms with E-state index in [9.17, 15) is 15.3 Å². The van der Waals surface area contributed by atoms with Crippen molar-refractivity contribution in [2.45, 2.75) is 31.0 Å². The van der Waals surface area contributed by atoms with Gasteiger partial charge >= 0.3 is 0 Å². The highest BCUT2D eigenvalue weighted by Crippen LogP contribution is 2.30. The zero-order valence-corrected chi connectivity index (χ0v) is 14.0. The van der Waals surface area contributed by atoms with Crippen molar-refractivity contribution in [1.82, 2.24) is 0 Å². The van der Waals surface area contributed by atoms with Gasteiger partial charge in [0.2, 0.25) is 6.29 Å². The Balaban J connectivity index is 1.68. The molecule has 0 radical (unpaired) electrons. The maximum atomic E-state index is 9.97. The molecule has 130 valence electrons. The third-order valence-corrected chi connectivity index (χ3v) is 4.83. The molecule has 0 spiro atoms. The minimum absolute atomic E-state index is 0.0825. The van der Waals surface area contributed by atoms with E-state index < -0.39 is 24.6 Å². The largest absolute Gasteiger partial charge is 0.497 e. The summed E-state index contributed by atoms with van der Waals surface area (Å²) in [6.07, 6.45) is -4.03. The molecule has 0 bridgehead atoms. The number of ether oxygens (including phenoxy) is 3. The number of hydrogen-bond acceptors (Lipinski definition) is 7. The Morgan fingerprint density at radius 1 is 1.12 bits per heavy atom. The molecule has 3 rings (SSSR count). The smallest absolute Gasteiger partial charge is 0.228 e. The number of benzene rings is 1. The summed E-state index contributed by atoms with van der Waals surface area (Å²) >= 11 is 1.54. The minimum Gasteiger partial charge on any atom is -0.497 e. The van der Waals surface area contributed by atoms with E-state index in [1.54, 1.807) is 24.5 Å². The summed E-state index contributed by atoms with van der Waals surface area (Å²) in [4.78, 5) is 0.983. The number of aliphatic hydroxyl groups is 3. The lowest BCUT2D eigenvalue weighted by Gasteiger charge is -2.34. The molecule has 1 aliphatic heterocycles. The van der Waals surface area contributed by atoms with Gasteiger partial charge in [0, 0.05) is 6.42 Å². The zero-order chi connectivity index (χ0) is 17.1. The van der Waals surface area contributed by atoms with Crippen LogP contribution in [0.5, 0.6) is 11.5 Å². The van der Waals surface area contributed by atoms with Crippen LogP contribution in [0.4, 0.5) is 0 Å². The van der Waals surface area contributed by atoms with Gasteiger partial charge in [-0.1, -0.05) is 12.1 Å². The molecule has 4 unspecified atom stereocenters. The van der Waals surface area contributed by atoms with Crippen molar-refractivity contribution in [2.24, 2.45) is 0 Å². The summed E-state index contributed by atoms with van der Waals surface area (Å²) in [6.45, 7) is -0.0825. The second-order valence-corrected chi connectivity index (χ2v) is 6.60. The average molecular weight is 352 g/mol. The van der Waals surface area contributed by atoms with Gasteiger partial charge in [0.15, 0.2) is 0 Å². The van der Waals surface area contributed by atoms with Crippen LogP contribution in [-0.4, -0.2) is 53.6 Å². The summed E-state index contributed by atoms with van der Waals surface area (Å²) in [6, 6.07) is 9.56. The Hall–Kier alpha value is -1.64. The highest BCUT2D eigenvalue weighted by atomic mass is 32.1. The minimum atomic E-state index is -1.30. The molecule has 3 N–H and O–H groups in total. The Labute approximate surface area is 143 Å². The van der Waals surface area contributed by atoms with Crippen molar-refractivity contribution in [2.75, 3.05) is 13.7 Å². The van der Waals surface area contributed by atoms with E-state index in [4.69, 9.17) is 14.2 Å². The Bertz CT molecular complexity index is 655. The van der Waals surface area contributed by atoms with Gasteiger partial charge in [0.25, 0.3) is 0 Å². The first-order valence-electron chi connectivity index (χ1n) is 7.60. The van der Waals surface area contributed by atoms with E-state index in [0.717, 1.165) is 16.2 Å². The lowest BCUT2D eigenvalue weighted by molar-refractivity contribution is -0.242. The van der Waals surface area contributed by atoms with Gasteiger partial charge in [0.05, 0.1) is 18.6 Å². The van der Waals surface area contributed by atoms with Gasteiger partial charge in [0.1, 0.15) is 29.8 Å². The highest BCUT2D eigenvalue weighted by molar-refractivity contribution is 7.10. The normalized spacial score (nSPS) is 27.0. The van der Waals surface area contributed by atoms with Crippen LogP contribution >= 0.6 is 11.3 Å². The van der Waals surface area contributed by atoms with Crippen molar-refractivity contribution in [3.05, 3.63) is 46.2 Å². The lowest BCUT2D eigenvalue weighted by atomic mass is 10.1. The Kier molecular flexibility index (Phi) is 5.37. The fraction of sp³-hybridized carbons (Fsp3) is 0.412. The predicted molar refractivity (Wildman–Crippen MR) is 88.5 cm³/mol. The highest BCUT2D eigenvalue weighted by Gasteiger charge is 2.39. The van der Waals surface area contributed by atoms with Gasteiger partial charge in [-0.05, 0) is 29.1 Å². The quantitative estimate of drug-likeness (QED) is 0.749. The van der Waals surface area contributed by atoms with Crippen molar-refractivity contribution in [1.29, 1.82) is 0 Å². The summed E-state index contributed by atoms with van der Waals surface area (Å²) in [5.41, 5.74) is 1.10. The van der Waals surface area contributed by atoms with Crippen LogP contribution < -0.4 is 9.47 Å². The zero-order valence-electron chi connectivity index (χ0n) is 13.2. The van der Waals surface area contributed by atoms with Crippen LogP contribution in [-0.2, 0) is 11.2 Å². The van der Waals surface area contributed by atoms with Crippen LogP contribution in [0.3, 0.4) is 0 Å². The van der Waals surface area contributed by atoms with Gasteiger partial charge in [-0.25, -0.2) is 0 Å². The van der Waals surface area contributed by atoms with Crippen molar-refractivity contribution < 1.29 is 29.5 Å². The summed E-state index contributed by atoms with van der Waals surface area (Å²) in [7, 11) is 1.63. The molecule has 0 amide bonds. The molecule has 2 heterocycles. The SMILES string of the molecule is COc1ccc(Cc2sccc2OC2OCC(O)C(O)C2O)cc1.